The van der Waals surface area contributed by atoms with E-state index in [-0.39, 0.29) is 18.8 Å². The normalized spacial score (nSPS) is 23.9. The summed E-state index contributed by atoms with van der Waals surface area (Å²) in [6, 6.07) is 0. The molecule has 1 saturated carbocycles. The van der Waals surface area contributed by atoms with Gasteiger partial charge in [0.05, 0.1) is 0 Å². The molecule has 94 valence electrons. The van der Waals surface area contributed by atoms with Gasteiger partial charge < -0.3 is 14.6 Å². The van der Waals surface area contributed by atoms with Gasteiger partial charge >= 0.3 is 5.97 Å². The van der Waals surface area contributed by atoms with Gasteiger partial charge in [0.25, 0.3) is 0 Å². The van der Waals surface area contributed by atoms with E-state index in [1.54, 1.807) is 13.8 Å². The number of ether oxygens (including phenoxy) is 2. The molecule has 0 radical (unpaired) electrons. The van der Waals surface area contributed by atoms with Crippen LogP contribution in [0.1, 0.15) is 26.7 Å². The third kappa shape index (κ3) is 1.82. The summed E-state index contributed by atoms with van der Waals surface area (Å²) in [5, 5.41) is 9.18. The van der Waals surface area contributed by atoms with Gasteiger partial charge in [-0.15, -0.1) is 0 Å². The SMILES string of the molecule is COC1(OC)CC(C(=O)O)(C(F)C(C)C)C1. The number of carboxylic acid groups (broad SMARTS) is 1. The fourth-order valence-corrected chi connectivity index (χ4v) is 2.38. The summed E-state index contributed by atoms with van der Waals surface area (Å²) < 4.78 is 24.2. The van der Waals surface area contributed by atoms with Gasteiger partial charge in [-0.2, -0.15) is 0 Å². The second-order valence-corrected chi connectivity index (χ2v) is 4.78. The molecule has 5 heteroatoms. The quantitative estimate of drug-likeness (QED) is 0.737. The molecular formula is C11H19FO4. The van der Waals surface area contributed by atoms with Crippen LogP contribution in [0, 0.1) is 11.3 Å². The summed E-state index contributed by atoms with van der Waals surface area (Å²) >= 11 is 0. The number of rotatable bonds is 5. The van der Waals surface area contributed by atoms with E-state index in [1.807, 2.05) is 0 Å². The molecule has 0 aromatic carbocycles. The van der Waals surface area contributed by atoms with E-state index < -0.39 is 23.3 Å². The van der Waals surface area contributed by atoms with Gasteiger partial charge in [-0.1, -0.05) is 13.8 Å². The predicted octanol–water partition coefficient (Wildman–Crippen LogP) is 1.83. The third-order valence-electron chi connectivity index (χ3n) is 3.45. The van der Waals surface area contributed by atoms with E-state index in [2.05, 4.69) is 0 Å². The minimum atomic E-state index is -1.39. The Balaban J connectivity index is 2.86. The molecule has 1 unspecified atom stereocenters. The first kappa shape index (κ1) is 13.4. The van der Waals surface area contributed by atoms with Crippen LogP contribution in [-0.4, -0.2) is 37.3 Å². The Hall–Kier alpha value is -0.680. The fourth-order valence-electron chi connectivity index (χ4n) is 2.38. The van der Waals surface area contributed by atoms with Gasteiger partial charge in [-0.25, -0.2) is 4.39 Å². The van der Waals surface area contributed by atoms with Gasteiger partial charge in [0.15, 0.2) is 5.79 Å². The molecule has 0 aromatic rings. The van der Waals surface area contributed by atoms with E-state index >= 15 is 0 Å². The lowest BCUT2D eigenvalue weighted by atomic mass is 9.59. The van der Waals surface area contributed by atoms with Crippen molar-refractivity contribution in [3.63, 3.8) is 0 Å². The molecule has 16 heavy (non-hydrogen) atoms. The summed E-state index contributed by atoms with van der Waals surface area (Å²) in [6.45, 7) is 3.35. The van der Waals surface area contributed by atoms with Crippen molar-refractivity contribution in [2.75, 3.05) is 14.2 Å². The zero-order chi connectivity index (χ0) is 12.6. The van der Waals surface area contributed by atoms with Crippen molar-refractivity contribution >= 4 is 5.97 Å². The van der Waals surface area contributed by atoms with Crippen molar-refractivity contribution in [1.82, 2.24) is 0 Å². The first-order valence-corrected chi connectivity index (χ1v) is 5.31. The molecule has 1 rings (SSSR count). The number of carbonyl (C=O) groups is 1. The molecule has 1 N–H and O–H groups in total. The number of carboxylic acids is 1. The average Bonchev–Trinajstić information content (AvgIpc) is 2.17. The minimum Gasteiger partial charge on any atom is -0.481 e. The molecule has 1 fully saturated rings. The Morgan fingerprint density at radius 3 is 2.00 bits per heavy atom. The smallest absolute Gasteiger partial charge is 0.313 e. The second-order valence-electron chi connectivity index (χ2n) is 4.78. The van der Waals surface area contributed by atoms with Crippen molar-refractivity contribution in [2.45, 2.75) is 38.6 Å². The molecule has 4 nitrogen and oxygen atoms in total. The third-order valence-corrected chi connectivity index (χ3v) is 3.45. The highest BCUT2D eigenvalue weighted by Gasteiger charge is 2.65. The largest absolute Gasteiger partial charge is 0.481 e. The second kappa shape index (κ2) is 4.30. The topological polar surface area (TPSA) is 55.8 Å². The summed E-state index contributed by atoms with van der Waals surface area (Å²) in [7, 11) is 2.88. The molecule has 0 saturated heterocycles. The van der Waals surface area contributed by atoms with Crippen LogP contribution in [0.3, 0.4) is 0 Å². The summed E-state index contributed by atoms with van der Waals surface area (Å²) in [4.78, 5) is 11.2. The van der Waals surface area contributed by atoms with Gasteiger partial charge in [0.1, 0.15) is 11.6 Å². The lowest BCUT2D eigenvalue weighted by molar-refractivity contribution is -0.306. The van der Waals surface area contributed by atoms with E-state index in [1.165, 1.54) is 14.2 Å². The van der Waals surface area contributed by atoms with E-state index in [9.17, 15) is 14.3 Å². The zero-order valence-electron chi connectivity index (χ0n) is 10.1. The molecule has 0 amide bonds. The average molecular weight is 234 g/mol. The Labute approximate surface area is 94.7 Å². The van der Waals surface area contributed by atoms with Crippen LogP contribution in [-0.2, 0) is 14.3 Å². The molecule has 0 spiro atoms. The number of aliphatic carboxylic acids is 1. The van der Waals surface area contributed by atoms with Crippen molar-refractivity contribution < 1.29 is 23.8 Å². The van der Waals surface area contributed by atoms with Crippen LogP contribution in [0.2, 0.25) is 0 Å². The van der Waals surface area contributed by atoms with Crippen molar-refractivity contribution in [2.24, 2.45) is 11.3 Å². The van der Waals surface area contributed by atoms with Crippen molar-refractivity contribution in [3.8, 4) is 0 Å². The minimum absolute atomic E-state index is 0.0572. The number of methoxy groups -OCH3 is 2. The lowest BCUT2D eigenvalue weighted by Gasteiger charge is -2.53. The predicted molar refractivity (Wildman–Crippen MR) is 55.8 cm³/mol. The van der Waals surface area contributed by atoms with E-state index in [4.69, 9.17) is 9.47 Å². The Kier molecular flexibility index (Phi) is 3.59. The van der Waals surface area contributed by atoms with Crippen LogP contribution >= 0.6 is 0 Å². The maximum Gasteiger partial charge on any atom is 0.313 e. The summed E-state index contributed by atoms with van der Waals surface area (Å²) in [5.74, 6) is -2.38. The highest BCUT2D eigenvalue weighted by molar-refractivity contribution is 5.77. The molecule has 1 aliphatic carbocycles. The van der Waals surface area contributed by atoms with Gasteiger partial charge in [0.2, 0.25) is 0 Å². The van der Waals surface area contributed by atoms with Crippen LogP contribution in [0.5, 0.6) is 0 Å². The first-order chi connectivity index (χ1) is 7.33. The van der Waals surface area contributed by atoms with Crippen LogP contribution in [0.25, 0.3) is 0 Å². The number of alkyl halides is 1. The highest BCUT2D eigenvalue weighted by Crippen LogP contribution is 2.55. The maximum absolute atomic E-state index is 14.0. The number of halogens is 1. The molecule has 0 bridgehead atoms. The maximum atomic E-state index is 14.0. The van der Waals surface area contributed by atoms with Crippen LogP contribution < -0.4 is 0 Å². The molecular weight excluding hydrogens is 215 g/mol. The van der Waals surface area contributed by atoms with Gasteiger partial charge in [0, 0.05) is 27.1 Å². The highest BCUT2D eigenvalue weighted by atomic mass is 19.1. The standard InChI is InChI=1S/C11H19FO4/c1-7(2)8(12)10(9(13)14)5-11(6-10,15-3)16-4/h7-8H,5-6H2,1-4H3,(H,13,14). The monoisotopic (exact) mass is 234 g/mol. The zero-order valence-corrected chi connectivity index (χ0v) is 10.1. The Morgan fingerprint density at radius 1 is 1.31 bits per heavy atom. The van der Waals surface area contributed by atoms with Crippen molar-refractivity contribution in [1.29, 1.82) is 0 Å². The van der Waals surface area contributed by atoms with Gasteiger partial charge in [-0.05, 0) is 5.92 Å². The van der Waals surface area contributed by atoms with Crippen molar-refractivity contribution in [3.05, 3.63) is 0 Å². The molecule has 0 aliphatic heterocycles. The fraction of sp³-hybridized carbons (Fsp3) is 0.909. The number of hydrogen-bond acceptors (Lipinski definition) is 3. The Bertz CT molecular complexity index is 265. The van der Waals surface area contributed by atoms with Crippen LogP contribution in [0.15, 0.2) is 0 Å². The molecule has 0 heterocycles. The first-order valence-electron chi connectivity index (χ1n) is 5.31. The summed E-state index contributed by atoms with van der Waals surface area (Å²) in [5.41, 5.74) is -1.36. The number of hydrogen-bond donors (Lipinski definition) is 1. The Morgan fingerprint density at radius 2 is 1.75 bits per heavy atom. The molecule has 0 aromatic heterocycles. The van der Waals surface area contributed by atoms with Crippen LogP contribution in [0.4, 0.5) is 4.39 Å². The molecule has 1 aliphatic rings. The molecule has 1 atom stereocenters. The van der Waals surface area contributed by atoms with E-state index in [0.29, 0.717) is 0 Å². The lowest BCUT2D eigenvalue weighted by Crippen LogP contribution is -2.62. The summed E-state index contributed by atoms with van der Waals surface area (Å²) in [6.07, 6.45) is -1.27. The van der Waals surface area contributed by atoms with E-state index in [0.717, 1.165) is 0 Å². The van der Waals surface area contributed by atoms with Gasteiger partial charge in [-0.3, -0.25) is 4.79 Å².